The molecule has 0 N–H and O–H groups in total. The fraction of sp³-hybridized carbons (Fsp3) is 0.150. The first-order valence-corrected chi connectivity index (χ1v) is 9.18. The number of methoxy groups -OCH3 is 1. The van der Waals surface area contributed by atoms with Crippen molar-refractivity contribution in [1.29, 1.82) is 0 Å². The maximum absolute atomic E-state index is 8.28. The first-order valence-electron chi connectivity index (χ1n) is 8.74. The minimum absolute atomic E-state index is 0.249. The van der Waals surface area contributed by atoms with Crippen LogP contribution < -0.4 is 9.47 Å². The second kappa shape index (κ2) is 5.78. The molecule has 6 heteroatoms. The van der Waals surface area contributed by atoms with Crippen molar-refractivity contribution in [3.63, 3.8) is 0 Å². The Hall–Kier alpha value is -2.99. The highest BCUT2D eigenvalue weighted by Crippen LogP contribution is 2.45. The Kier molecular flexibility index (Phi) is 3.16. The molecule has 0 saturated carbocycles. The smallest absolute Gasteiger partial charge is 0.132 e. The lowest BCUT2D eigenvalue weighted by Crippen LogP contribution is -2.08. The van der Waals surface area contributed by atoms with Gasteiger partial charge in [-0.25, -0.2) is 4.68 Å². The Balaban J connectivity index is 1.77. The third kappa shape index (κ3) is 2.26. The minimum atomic E-state index is 0.249. The van der Waals surface area contributed by atoms with Crippen LogP contribution in [0.4, 0.5) is 0 Å². The summed E-state index contributed by atoms with van der Waals surface area (Å²) in [4.78, 5) is 0. The van der Waals surface area contributed by atoms with Crippen LogP contribution in [0.25, 0.3) is 28.1 Å². The maximum atomic E-state index is 8.28. The summed E-state index contributed by atoms with van der Waals surface area (Å²) >= 11 is 1.61. The van der Waals surface area contributed by atoms with E-state index < -0.39 is 0 Å². The molecular weight excluding hydrogens is 346 g/mol. The van der Waals surface area contributed by atoms with E-state index in [2.05, 4.69) is 23.4 Å². The molecule has 0 spiro atoms. The topological polar surface area (TPSA) is 41.2 Å². The largest absolute Gasteiger partial charge is 0.496 e. The predicted molar refractivity (Wildman–Crippen MR) is 102 cm³/mol. The monoisotopic (exact) mass is 364 g/mol. The van der Waals surface area contributed by atoms with Crippen LogP contribution in [0.15, 0.2) is 53.6 Å². The van der Waals surface area contributed by atoms with E-state index in [0.717, 1.165) is 45.1 Å². The standard InChI is InChI=1S/C20H17N3O2S/c1-22-5-3-13(10-22)16-7-17-19(8-18(16)24-2)25-11-14-9-21-23(20(14)17)15-4-6-26-12-15/h3-10,12H,11H2,1-2H3/i9D. The Morgan fingerprint density at radius 2 is 2.23 bits per heavy atom. The molecule has 0 aliphatic carbocycles. The number of hydrogen-bond acceptors (Lipinski definition) is 4. The van der Waals surface area contributed by atoms with Crippen LogP contribution in [0.3, 0.4) is 0 Å². The van der Waals surface area contributed by atoms with Crippen LogP contribution in [-0.4, -0.2) is 21.5 Å². The SMILES string of the molecule is [2H]c1nn(-c2ccsc2)c2c1COc1cc(OC)c(-c3ccn(C)c3)cc1-2. The molecule has 0 radical (unpaired) electrons. The summed E-state index contributed by atoms with van der Waals surface area (Å²) in [6.07, 6.45) is 4.31. The molecule has 0 atom stereocenters. The van der Waals surface area contributed by atoms with Crippen LogP contribution in [0.1, 0.15) is 6.93 Å². The van der Waals surface area contributed by atoms with Gasteiger partial charge in [0, 0.05) is 53.1 Å². The molecule has 0 fully saturated rings. The Labute approximate surface area is 156 Å². The van der Waals surface area contributed by atoms with Gasteiger partial charge >= 0.3 is 0 Å². The summed E-state index contributed by atoms with van der Waals surface area (Å²) in [5.41, 5.74) is 5.65. The summed E-state index contributed by atoms with van der Waals surface area (Å²) in [5.74, 6) is 1.51. The Morgan fingerprint density at radius 3 is 2.96 bits per heavy atom. The summed E-state index contributed by atoms with van der Waals surface area (Å²) in [6, 6.07) is 8.07. The van der Waals surface area contributed by atoms with Crippen molar-refractivity contribution >= 4 is 11.3 Å². The highest BCUT2D eigenvalue weighted by molar-refractivity contribution is 7.08. The van der Waals surface area contributed by atoms with Crippen molar-refractivity contribution < 1.29 is 10.8 Å². The van der Waals surface area contributed by atoms with Gasteiger partial charge < -0.3 is 14.0 Å². The van der Waals surface area contributed by atoms with E-state index in [-0.39, 0.29) is 6.17 Å². The lowest BCUT2D eigenvalue weighted by molar-refractivity contribution is 0.299. The third-order valence-corrected chi connectivity index (χ3v) is 5.28. The molecule has 1 aromatic carbocycles. The molecule has 5 nitrogen and oxygen atoms in total. The van der Waals surface area contributed by atoms with Gasteiger partial charge in [0.2, 0.25) is 0 Å². The molecule has 1 aliphatic rings. The molecule has 0 bridgehead atoms. The van der Waals surface area contributed by atoms with E-state index in [0.29, 0.717) is 6.61 Å². The molecule has 1 aliphatic heterocycles. The fourth-order valence-electron chi connectivity index (χ4n) is 3.36. The zero-order valence-corrected chi connectivity index (χ0v) is 15.2. The van der Waals surface area contributed by atoms with Crippen LogP contribution in [-0.2, 0) is 13.7 Å². The molecule has 26 heavy (non-hydrogen) atoms. The van der Waals surface area contributed by atoms with E-state index in [1.54, 1.807) is 18.4 Å². The van der Waals surface area contributed by atoms with E-state index in [1.165, 1.54) is 0 Å². The van der Waals surface area contributed by atoms with Crippen LogP contribution in [0.2, 0.25) is 0 Å². The van der Waals surface area contributed by atoms with Crippen LogP contribution in [0.5, 0.6) is 11.5 Å². The average Bonchev–Trinajstić information content (AvgIpc) is 3.41. The highest BCUT2D eigenvalue weighted by atomic mass is 32.1. The van der Waals surface area contributed by atoms with Crippen molar-refractivity contribution in [2.75, 3.05) is 7.11 Å². The highest BCUT2D eigenvalue weighted by Gasteiger charge is 2.25. The van der Waals surface area contributed by atoms with Crippen molar-refractivity contribution in [3.05, 3.63) is 59.2 Å². The van der Waals surface area contributed by atoms with Gasteiger partial charge in [0.05, 0.1) is 26.0 Å². The number of benzene rings is 1. The van der Waals surface area contributed by atoms with Gasteiger partial charge in [-0.2, -0.15) is 16.4 Å². The van der Waals surface area contributed by atoms with Crippen molar-refractivity contribution in [1.82, 2.24) is 14.3 Å². The number of aromatic nitrogens is 3. The molecule has 4 aromatic rings. The van der Waals surface area contributed by atoms with E-state index >= 15 is 0 Å². The average molecular weight is 364 g/mol. The summed E-state index contributed by atoms with van der Waals surface area (Å²) in [5, 5.41) is 8.50. The maximum Gasteiger partial charge on any atom is 0.132 e. The molecule has 0 unspecified atom stereocenters. The second-order valence-electron chi connectivity index (χ2n) is 6.24. The van der Waals surface area contributed by atoms with Gasteiger partial charge in [-0.15, -0.1) is 0 Å². The Bertz CT molecular complexity index is 1140. The van der Waals surface area contributed by atoms with E-state index in [1.807, 2.05) is 45.4 Å². The Morgan fingerprint density at radius 1 is 1.31 bits per heavy atom. The summed E-state index contributed by atoms with van der Waals surface area (Å²) in [7, 11) is 3.66. The first-order chi connectivity index (χ1) is 13.2. The van der Waals surface area contributed by atoms with Crippen molar-refractivity contribution in [2.45, 2.75) is 6.61 Å². The molecule has 3 aromatic heterocycles. The number of nitrogens with zero attached hydrogens (tertiary/aromatic N) is 3. The first kappa shape index (κ1) is 14.2. The van der Waals surface area contributed by atoms with E-state index in [4.69, 9.17) is 10.8 Å². The number of aryl methyl sites for hydroxylation is 1. The zero-order chi connectivity index (χ0) is 18.5. The van der Waals surface area contributed by atoms with Gasteiger partial charge in [-0.3, -0.25) is 0 Å². The molecule has 0 amide bonds. The number of hydrogen-bond donors (Lipinski definition) is 0. The van der Waals surface area contributed by atoms with Gasteiger partial charge in [-0.1, -0.05) is 0 Å². The van der Waals surface area contributed by atoms with Gasteiger partial charge in [0.1, 0.15) is 18.1 Å². The third-order valence-electron chi connectivity index (χ3n) is 4.61. The number of thiophene rings is 1. The molecular formula is C20H17N3O2S. The van der Waals surface area contributed by atoms with E-state index in [9.17, 15) is 0 Å². The second-order valence-corrected chi connectivity index (χ2v) is 7.02. The fourth-order valence-corrected chi connectivity index (χ4v) is 3.97. The van der Waals surface area contributed by atoms with Crippen molar-refractivity contribution in [3.8, 4) is 39.6 Å². The molecule has 0 saturated heterocycles. The number of fused-ring (bicyclic) bond motifs is 3. The summed E-state index contributed by atoms with van der Waals surface area (Å²) in [6.45, 7) is 0.332. The lowest BCUT2D eigenvalue weighted by Gasteiger charge is -2.21. The van der Waals surface area contributed by atoms with Crippen LogP contribution >= 0.6 is 11.3 Å². The lowest BCUT2D eigenvalue weighted by atomic mass is 9.98. The zero-order valence-electron chi connectivity index (χ0n) is 15.4. The van der Waals surface area contributed by atoms with Gasteiger partial charge in [-0.05, 0) is 23.6 Å². The van der Waals surface area contributed by atoms with Gasteiger partial charge in [0.15, 0.2) is 0 Å². The minimum Gasteiger partial charge on any atom is -0.496 e. The molecule has 5 rings (SSSR count). The summed E-state index contributed by atoms with van der Waals surface area (Å²) < 4.78 is 23.7. The quantitative estimate of drug-likeness (QED) is 0.537. The molecule has 4 heterocycles. The molecule has 130 valence electrons. The normalized spacial score (nSPS) is 12.9. The van der Waals surface area contributed by atoms with Gasteiger partial charge in [0.25, 0.3) is 0 Å². The number of ether oxygens (including phenoxy) is 2. The predicted octanol–water partition coefficient (Wildman–Crippen LogP) is 4.51. The van der Waals surface area contributed by atoms with Crippen LogP contribution in [0, 0.1) is 0 Å². The number of rotatable bonds is 3. The van der Waals surface area contributed by atoms with Crippen molar-refractivity contribution in [2.24, 2.45) is 7.05 Å².